The van der Waals surface area contributed by atoms with Crippen LogP contribution in [0.1, 0.15) is 6.42 Å². The number of hydrogen-bond acceptors (Lipinski definition) is 4. The second-order valence-electron chi connectivity index (χ2n) is 3.78. The van der Waals surface area contributed by atoms with Crippen molar-refractivity contribution >= 4 is 11.9 Å². The highest BCUT2D eigenvalue weighted by Gasteiger charge is 2.41. The molecule has 15 heavy (non-hydrogen) atoms. The molecule has 0 aromatic rings. The highest BCUT2D eigenvalue weighted by atomic mass is 16.2. The molecule has 6 heteroatoms. The third-order valence-corrected chi connectivity index (χ3v) is 2.92. The predicted octanol–water partition coefficient (Wildman–Crippen LogP) is -1.20. The van der Waals surface area contributed by atoms with Crippen LogP contribution < -0.4 is 11.5 Å². The summed E-state index contributed by atoms with van der Waals surface area (Å²) in [5.74, 6) is -0.452. The molecule has 1 aliphatic rings. The van der Waals surface area contributed by atoms with Crippen LogP contribution in [-0.2, 0) is 4.79 Å². The molecule has 1 rings (SSSR count). The summed E-state index contributed by atoms with van der Waals surface area (Å²) in [5, 5.41) is 0. The summed E-state index contributed by atoms with van der Waals surface area (Å²) in [4.78, 5) is 26.1. The van der Waals surface area contributed by atoms with E-state index >= 15 is 0 Å². The zero-order chi connectivity index (χ0) is 11.6. The quantitative estimate of drug-likeness (QED) is 0.617. The Hall–Kier alpha value is -1.14. The van der Waals surface area contributed by atoms with E-state index in [9.17, 15) is 9.59 Å². The number of rotatable bonds is 3. The number of carbonyl (C=O) groups excluding carboxylic acids is 2. The third kappa shape index (κ3) is 1.95. The molecule has 2 unspecified atom stereocenters. The Kier molecular flexibility index (Phi) is 3.65. The van der Waals surface area contributed by atoms with Gasteiger partial charge in [0.25, 0.3) is 0 Å². The minimum atomic E-state index is -0.302. The van der Waals surface area contributed by atoms with Gasteiger partial charge in [-0.25, -0.2) is 4.79 Å². The zero-order valence-electron chi connectivity index (χ0n) is 9.14. The summed E-state index contributed by atoms with van der Waals surface area (Å²) in [6, 6.07) is -0.534. The van der Waals surface area contributed by atoms with Gasteiger partial charge in [-0.05, 0) is 13.0 Å². The normalized spacial score (nSPS) is 27.5. The van der Waals surface area contributed by atoms with Crippen molar-refractivity contribution in [3.63, 3.8) is 0 Å². The van der Waals surface area contributed by atoms with Crippen molar-refractivity contribution in [2.75, 3.05) is 27.2 Å². The van der Waals surface area contributed by atoms with E-state index in [1.165, 1.54) is 11.9 Å². The van der Waals surface area contributed by atoms with Crippen LogP contribution in [0.2, 0.25) is 0 Å². The first-order valence-corrected chi connectivity index (χ1v) is 4.99. The van der Waals surface area contributed by atoms with E-state index < -0.39 is 0 Å². The van der Waals surface area contributed by atoms with Crippen molar-refractivity contribution in [1.29, 1.82) is 0 Å². The molecular weight excluding hydrogens is 196 g/mol. The van der Waals surface area contributed by atoms with Crippen molar-refractivity contribution in [2.45, 2.75) is 12.5 Å². The van der Waals surface area contributed by atoms with Gasteiger partial charge in [0.15, 0.2) is 0 Å². The Labute approximate surface area is 89.2 Å². The predicted molar refractivity (Wildman–Crippen MR) is 55.9 cm³/mol. The fourth-order valence-corrected chi connectivity index (χ4v) is 1.97. The second-order valence-corrected chi connectivity index (χ2v) is 3.78. The summed E-state index contributed by atoms with van der Waals surface area (Å²) < 4.78 is 0. The molecule has 1 aliphatic heterocycles. The summed E-state index contributed by atoms with van der Waals surface area (Å²) >= 11 is 0. The number of amides is 3. The first-order valence-electron chi connectivity index (χ1n) is 4.99. The van der Waals surface area contributed by atoms with Crippen LogP contribution in [0, 0.1) is 5.92 Å². The summed E-state index contributed by atoms with van der Waals surface area (Å²) in [6.45, 7) is 0.704. The van der Waals surface area contributed by atoms with Gasteiger partial charge in [0.1, 0.15) is 0 Å². The fraction of sp³-hybridized carbons (Fsp3) is 0.778. The molecule has 0 bridgehead atoms. The number of imide groups is 1. The third-order valence-electron chi connectivity index (χ3n) is 2.92. The average Bonchev–Trinajstić information content (AvgIpc) is 2.24. The highest BCUT2D eigenvalue weighted by molar-refractivity contribution is 5.98. The van der Waals surface area contributed by atoms with Gasteiger partial charge in [0, 0.05) is 20.6 Å². The van der Waals surface area contributed by atoms with E-state index in [0.717, 1.165) is 4.90 Å². The molecule has 0 radical (unpaired) electrons. The molecule has 86 valence electrons. The van der Waals surface area contributed by atoms with Crippen molar-refractivity contribution in [1.82, 2.24) is 9.80 Å². The first kappa shape index (κ1) is 11.9. The highest BCUT2D eigenvalue weighted by Crippen LogP contribution is 2.22. The van der Waals surface area contributed by atoms with Crippen LogP contribution in [0.4, 0.5) is 4.79 Å². The maximum atomic E-state index is 11.8. The van der Waals surface area contributed by atoms with E-state index in [0.29, 0.717) is 13.0 Å². The van der Waals surface area contributed by atoms with E-state index in [1.807, 2.05) is 0 Å². The standard InChI is InChI=1S/C9H18N4O2/c1-12-7(5-11)6(3-4-10)8(14)13(2)9(12)15/h6-7H,3-5,10-11H2,1-2H3. The molecule has 0 spiro atoms. The van der Waals surface area contributed by atoms with Gasteiger partial charge >= 0.3 is 6.03 Å². The number of nitrogens with zero attached hydrogens (tertiary/aromatic N) is 2. The Morgan fingerprint density at radius 2 is 1.87 bits per heavy atom. The van der Waals surface area contributed by atoms with Gasteiger partial charge in [-0.2, -0.15) is 0 Å². The van der Waals surface area contributed by atoms with Crippen LogP contribution in [-0.4, -0.2) is 55.0 Å². The van der Waals surface area contributed by atoms with Gasteiger partial charge < -0.3 is 16.4 Å². The summed E-state index contributed by atoms with van der Waals surface area (Å²) in [5.41, 5.74) is 11.0. The van der Waals surface area contributed by atoms with Crippen LogP contribution in [0.25, 0.3) is 0 Å². The number of hydrogen-bond donors (Lipinski definition) is 2. The largest absolute Gasteiger partial charge is 0.330 e. The maximum Gasteiger partial charge on any atom is 0.326 e. The monoisotopic (exact) mass is 214 g/mol. The van der Waals surface area contributed by atoms with E-state index in [-0.39, 0.29) is 30.4 Å². The maximum absolute atomic E-state index is 11.8. The number of nitrogens with two attached hydrogens (primary N) is 2. The van der Waals surface area contributed by atoms with Crippen molar-refractivity contribution in [3.8, 4) is 0 Å². The molecule has 3 amide bonds. The Morgan fingerprint density at radius 3 is 2.33 bits per heavy atom. The van der Waals surface area contributed by atoms with Crippen LogP contribution in [0.5, 0.6) is 0 Å². The van der Waals surface area contributed by atoms with E-state index in [4.69, 9.17) is 11.5 Å². The van der Waals surface area contributed by atoms with Gasteiger partial charge in [-0.1, -0.05) is 0 Å². The lowest BCUT2D eigenvalue weighted by Crippen LogP contribution is -2.61. The number of carbonyl (C=O) groups is 2. The van der Waals surface area contributed by atoms with E-state index in [1.54, 1.807) is 7.05 Å². The molecule has 1 heterocycles. The second kappa shape index (κ2) is 4.59. The van der Waals surface area contributed by atoms with Crippen molar-refractivity contribution < 1.29 is 9.59 Å². The molecule has 1 saturated heterocycles. The molecule has 4 N–H and O–H groups in total. The summed E-state index contributed by atoms with van der Waals surface area (Å²) in [7, 11) is 3.14. The average molecular weight is 214 g/mol. The smallest absolute Gasteiger partial charge is 0.326 e. The van der Waals surface area contributed by atoms with E-state index in [2.05, 4.69) is 0 Å². The summed E-state index contributed by atoms with van der Waals surface area (Å²) in [6.07, 6.45) is 0.558. The number of urea groups is 1. The lowest BCUT2D eigenvalue weighted by molar-refractivity contribution is -0.137. The molecule has 0 aliphatic carbocycles. The molecule has 0 aromatic carbocycles. The lowest BCUT2D eigenvalue weighted by Gasteiger charge is -2.41. The Balaban J connectivity index is 2.92. The van der Waals surface area contributed by atoms with Crippen LogP contribution >= 0.6 is 0 Å². The van der Waals surface area contributed by atoms with Gasteiger partial charge in [0.2, 0.25) is 5.91 Å². The molecule has 6 nitrogen and oxygen atoms in total. The first-order chi connectivity index (χ1) is 7.04. The minimum Gasteiger partial charge on any atom is -0.330 e. The molecular formula is C9H18N4O2. The van der Waals surface area contributed by atoms with Crippen molar-refractivity contribution in [2.24, 2.45) is 17.4 Å². The van der Waals surface area contributed by atoms with Crippen molar-refractivity contribution in [3.05, 3.63) is 0 Å². The Morgan fingerprint density at radius 1 is 1.27 bits per heavy atom. The van der Waals surface area contributed by atoms with Crippen LogP contribution in [0.15, 0.2) is 0 Å². The minimum absolute atomic E-state index is 0.181. The van der Waals surface area contributed by atoms with Gasteiger partial charge in [0.05, 0.1) is 12.0 Å². The number of likely N-dealkylation sites (N-methyl/N-ethyl adjacent to an activating group) is 1. The lowest BCUT2D eigenvalue weighted by atomic mass is 9.91. The SMILES string of the molecule is CN1C(=O)C(CCN)C(CN)N(C)C1=O. The topological polar surface area (TPSA) is 92.7 Å². The molecule has 1 fully saturated rings. The Bertz CT molecular complexity index is 269. The van der Waals surface area contributed by atoms with Gasteiger partial charge in [-0.3, -0.25) is 9.69 Å². The molecule has 0 saturated carbocycles. The van der Waals surface area contributed by atoms with Gasteiger partial charge in [-0.15, -0.1) is 0 Å². The molecule has 2 atom stereocenters. The fourth-order valence-electron chi connectivity index (χ4n) is 1.97. The van der Waals surface area contributed by atoms with Crippen LogP contribution in [0.3, 0.4) is 0 Å². The zero-order valence-corrected chi connectivity index (χ0v) is 9.14. The molecule has 0 aromatic heterocycles.